The first-order valence-electron chi connectivity index (χ1n) is 3.88. The summed E-state index contributed by atoms with van der Waals surface area (Å²) in [6, 6.07) is 6.02. The van der Waals surface area contributed by atoms with Crippen molar-refractivity contribution in [3.63, 3.8) is 0 Å². The Morgan fingerprint density at radius 1 is 1.33 bits per heavy atom. The van der Waals surface area contributed by atoms with E-state index in [9.17, 15) is 4.79 Å². The molecule has 0 radical (unpaired) electrons. The molecule has 2 heteroatoms. The molecular weight excluding hydrogens is 168 g/mol. The Balaban J connectivity index is 3.04. The Morgan fingerprint density at radius 3 is 2.25 bits per heavy atom. The summed E-state index contributed by atoms with van der Waals surface area (Å²) < 4.78 is 0. The van der Waals surface area contributed by atoms with Crippen molar-refractivity contribution in [1.29, 1.82) is 0 Å². The zero-order valence-corrected chi connectivity index (χ0v) is 8.19. The van der Waals surface area contributed by atoms with Gasteiger partial charge in [-0.05, 0) is 30.5 Å². The lowest BCUT2D eigenvalue weighted by molar-refractivity contribution is -0.110. The van der Waals surface area contributed by atoms with E-state index >= 15 is 0 Å². The molecule has 0 aliphatic carbocycles. The molecule has 64 valence electrons. The molecule has 0 atom stereocenters. The molecule has 0 aliphatic heterocycles. The van der Waals surface area contributed by atoms with Crippen LogP contribution in [0.1, 0.15) is 16.7 Å². The van der Waals surface area contributed by atoms with Crippen molar-refractivity contribution >= 4 is 17.7 Å². The van der Waals surface area contributed by atoms with Gasteiger partial charge in [-0.2, -0.15) is 0 Å². The summed E-state index contributed by atoms with van der Waals surface area (Å²) in [6.45, 7) is 4.03. The van der Waals surface area contributed by atoms with Gasteiger partial charge in [-0.15, -0.1) is 12.6 Å². The average molecular weight is 180 g/mol. The summed E-state index contributed by atoms with van der Waals surface area (Å²) in [6.07, 6.45) is 0.432. The molecule has 12 heavy (non-hydrogen) atoms. The van der Waals surface area contributed by atoms with E-state index in [1.54, 1.807) is 0 Å². The summed E-state index contributed by atoms with van der Waals surface area (Å²) in [4.78, 5) is 10.8. The topological polar surface area (TPSA) is 17.1 Å². The molecule has 1 aromatic rings. The SMILES string of the molecule is Cc1cccc(C)c1CC(=O)S. The van der Waals surface area contributed by atoms with Gasteiger partial charge in [0.25, 0.3) is 0 Å². The van der Waals surface area contributed by atoms with Crippen LogP contribution in [0.25, 0.3) is 0 Å². The fourth-order valence-electron chi connectivity index (χ4n) is 1.28. The molecule has 0 N–H and O–H groups in total. The molecule has 0 saturated carbocycles. The zero-order valence-electron chi connectivity index (χ0n) is 7.29. The van der Waals surface area contributed by atoms with E-state index in [-0.39, 0.29) is 5.12 Å². The number of hydrogen-bond donors (Lipinski definition) is 1. The van der Waals surface area contributed by atoms with Crippen LogP contribution in [0.3, 0.4) is 0 Å². The molecule has 0 aliphatic rings. The van der Waals surface area contributed by atoms with Gasteiger partial charge in [0.05, 0.1) is 0 Å². The monoisotopic (exact) mass is 180 g/mol. The number of aryl methyl sites for hydroxylation is 2. The van der Waals surface area contributed by atoms with Gasteiger partial charge in [-0.3, -0.25) is 4.79 Å². The predicted molar refractivity (Wildman–Crippen MR) is 53.6 cm³/mol. The zero-order chi connectivity index (χ0) is 9.14. The standard InChI is InChI=1S/C10H12OS/c1-7-4-3-5-8(2)9(7)6-10(11)12/h3-5H,6H2,1-2H3,(H,11,12). The molecule has 0 aromatic heterocycles. The number of carbonyl (C=O) groups is 1. The van der Waals surface area contributed by atoms with Crippen LogP contribution >= 0.6 is 12.6 Å². The molecule has 1 rings (SSSR count). The number of thiol groups is 1. The minimum absolute atomic E-state index is 0.0765. The lowest BCUT2D eigenvalue weighted by Crippen LogP contribution is -1.99. The van der Waals surface area contributed by atoms with E-state index in [2.05, 4.69) is 12.6 Å². The Kier molecular flexibility index (Phi) is 2.93. The lowest BCUT2D eigenvalue weighted by Gasteiger charge is -2.06. The molecule has 0 fully saturated rings. The maximum Gasteiger partial charge on any atom is 0.190 e. The van der Waals surface area contributed by atoms with Crippen LogP contribution in [0.5, 0.6) is 0 Å². The third-order valence-corrected chi connectivity index (χ3v) is 2.13. The quantitative estimate of drug-likeness (QED) is 0.691. The summed E-state index contributed by atoms with van der Waals surface area (Å²) in [5.41, 5.74) is 3.44. The van der Waals surface area contributed by atoms with Gasteiger partial charge in [-0.25, -0.2) is 0 Å². The molecule has 1 nitrogen and oxygen atoms in total. The van der Waals surface area contributed by atoms with Crippen LogP contribution in [0.15, 0.2) is 18.2 Å². The molecule has 1 aromatic carbocycles. The smallest absolute Gasteiger partial charge is 0.190 e. The molecule has 0 amide bonds. The van der Waals surface area contributed by atoms with Crippen LogP contribution in [0, 0.1) is 13.8 Å². The lowest BCUT2D eigenvalue weighted by atomic mass is 10.0. The first-order chi connectivity index (χ1) is 5.61. The molecule has 0 heterocycles. The molecule has 0 spiro atoms. The molecule has 0 bridgehead atoms. The Morgan fingerprint density at radius 2 is 1.83 bits per heavy atom. The minimum Gasteiger partial charge on any atom is -0.287 e. The Bertz CT molecular complexity index is 284. The average Bonchev–Trinajstić information content (AvgIpc) is 1.97. The molecule has 0 saturated heterocycles. The van der Waals surface area contributed by atoms with Crippen LogP contribution in [0.4, 0.5) is 0 Å². The van der Waals surface area contributed by atoms with Crippen molar-refractivity contribution in [3.05, 3.63) is 34.9 Å². The highest BCUT2D eigenvalue weighted by atomic mass is 32.1. The van der Waals surface area contributed by atoms with E-state index < -0.39 is 0 Å². The number of rotatable bonds is 2. The van der Waals surface area contributed by atoms with Crippen molar-refractivity contribution < 1.29 is 4.79 Å². The Hall–Kier alpha value is -0.760. The van der Waals surface area contributed by atoms with Crippen LogP contribution in [-0.4, -0.2) is 5.12 Å². The minimum atomic E-state index is -0.0765. The van der Waals surface area contributed by atoms with Crippen molar-refractivity contribution in [2.45, 2.75) is 20.3 Å². The summed E-state index contributed by atoms with van der Waals surface area (Å²) >= 11 is 3.77. The highest BCUT2D eigenvalue weighted by Gasteiger charge is 2.04. The van der Waals surface area contributed by atoms with Crippen molar-refractivity contribution in [1.82, 2.24) is 0 Å². The summed E-state index contributed by atoms with van der Waals surface area (Å²) in [5.74, 6) is 0. The Labute approximate surface area is 78.2 Å². The van der Waals surface area contributed by atoms with Gasteiger partial charge < -0.3 is 0 Å². The van der Waals surface area contributed by atoms with E-state index in [0.717, 1.165) is 16.7 Å². The van der Waals surface area contributed by atoms with E-state index in [1.165, 1.54) is 0 Å². The van der Waals surface area contributed by atoms with E-state index in [4.69, 9.17) is 0 Å². The number of carbonyl (C=O) groups excluding carboxylic acids is 1. The van der Waals surface area contributed by atoms with Gasteiger partial charge >= 0.3 is 0 Å². The van der Waals surface area contributed by atoms with Gasteiger partial charge in [0.15, 0.2) is 5.12 Å². The second-order valence-corrected chi connectivity index (χ2v) is 3.44. The summed E-state index contributed by atoms with van der Waals surface area (Å²) in [7, 11) is 0. The number of hydrogen-bond acceptors (Lipinski definition) is 1. The fraction of sp³-hybridized carbons (Fsp3) is 0.300. The van der Waals surface area contributed by atoms with Crippen molar-refractivity contribution in [2.75, 3.05) is 0 Å². The normalized spacial score (nSPS) is 9.92. The van der Waals surface area contributed by atoms with Crippen LogP contribution in [0.2, 0.25) is 0 Å². The van der Waals surface area contributed by atoms with Crippen LogP contribution in [-0.2, 0) is 11.2 Å². The first-order valence-corrected chi connectivity index (χ1v) is 4.33. The third-order valence-electron chi connectivity index (χ3n) is 1.97. The second kappa shape index (κ2) is 3.76. The van der Waals surface area contributed by atoms with Crippen molar-refractivity contribution in [2.24, 2.45) is 0 Å². The molecule has 0 unspecified atom stereocenters. The second-order valence-electron chi connectivity index (χ2n) is 2.94. The van der Waals surface area contributed by atoms with Crippen molar-refractivity contribution in [3.8, 4) is 0 Å². The number of benzene rings is 1. The predicted octanol–water partition coefficient (Wildman–Crippen LogP) is 2.30. The fourth-order valence-corrected chi connectivity index (χ4v) is 1.44. The highest BCUT2D eigenvalue weighted by molar-refractivity contribution is 7.96. The van der Waals surface area contributed by atoms with E-state index in [0.29, 0.717) is 6.42 Å². The van der Waals surface area contributed by atoms with Gasteiger partial charge in [0, 0.05) is 6.42 Å². The largest absolute Gasteiger partial charge is 0.287 e. The maximum atomic E-state index is 10.8. The van der Waals surface area contributed by atoms with Gasteiger partial charge in [0.2, 0.25) is 0 Å². The summed E-state index contributed by atoms with van der Waals surface area (Å²) in [5, 5.41) is -0.0765. The first kappa shape index (κ1) is 9.33. The third kappa shape index (κ3) is 2.11. The van der Waals surface area contributed by atoms with Gasteiger partial charge in [0.1, 0.15) is 0 Å². The molecular formula is C10H12OS. The maximum absolute atomic E-state index is 10.8. The highest BCUT2D eigenvalue weighted by Crippen LogP contribution is 2.14. The van der Waals surface area contributed by atoms with Crippen LogP contribution < -0.4 is 0 Å². The van der Waals surface area contributed by atoms with Gasteiger partial charge in [-0.1, -0.05) is 18.2 Å². The van der Waals surface area contributed by atoms with E-state index in [1.807, 2.05) is 32.0 Å².